The van der Waals surface area contributed by atoms with Gasteiger partial charge in [-0.2, -0.15) is 0 Å². The van der Waals surface area contributed by atoms with E-state index in [1.807, 2.05) is 0 Å². The molecule has 0 amide bonds. The molecule has 4 unspecified atom stereocenters. The maximum atomic E-state index is 3.73. The Morgan fingerprint density at radius 3 is 2.15 bits per heavy atom. The fourth-order valence-electron chi connectivity index (χ4n) is 2.98. The average molecular weight is 201 g/mol. The Kier molecular flexibility index (Phi) is 3.41. The molecule has 0 spiro atoms. The number of nitrogens with one attached hydrogen (secondary N) is 1. The van der Waals surface area contributed by atoms with Crippen LogP contribution >= 0.6 is 8.07 Å². The lowest BCUT2D eigenvalue weighted by Crippen LogP contribution is -2.43. The zero-order chi connectivity index (χ0) is 10.2. The summed E-state index contributed by atoms with van der Waals surface area (Å²) in [7, 11) is 0.0282. The van der Waals surface area contributed by atoms with Crippen molar-refractivity contribution in [3.8, 4) is 0 Å². The average Bonchev–Trinajstić information content (AvgIpc) is 1.78. The molecule has 2 heteroatoms. The van der Waals surface area contributed by atoms with E-state index in [0.29, 0.717) is 5.41 Å². The lowest BCUT2D eigenvalue weighted by Gasteiger charge is -2.46. The van der Waals surface area contributed by atoms with Gasteiger partial charge in [0.1, 0.15) is 0 Å². The molecule has 1 aliphatic heterocycles. The highest BCUT2D eigenvalue weighted by molar-refractivity contribution is 7.55. The van der Waals surface area contributed by atoms with Crippen molar-refractivity contribution in [3.63, 3.8) is 0 Å². The highest BCUT2D eigenvalue weighted by atomic mass is 31.1. The fraction of sp³-hybridized carbons (Fsp3) is 1.00. The Balaban J connectivity index is 2.73. The van der Waals surface area contributed by atoms with Crippen LogP contribution in [0, 0.1) is 11.3 Å². The second-order valence-corrected chi connectivity index (χ2v) is 7.70. The van der Waals surface area contributed by atoms with Gasteiger partial charge in [-0.1, -0.05) is 27.7 Å². The van der Waals surface area contributed by atoms with Gasteiger partial charge in [-0.3, -0.25) is 5.09 Å². The predicted molar refractivity (Wildman–Crippen MR) is 62.5 cm³/mol. The van der Waals surface area contributed by atoms with Crippen LogP contribution in [0.25, 0.3) is 0 Å². The van der Waals surface area contributed by atoms with Crippen LogP contribution in [-0.2, 0) is 0 Å². The van der Waals surface area contributed by atoms with Gasteiger partial charge >= 0.3 is 0 Å². The Morgan fingerprint density at radius 2 is 1.77 bits per heavy atom. The molecule has 1 N–H and O–H groups in total. The van der Waals surface area contributed by atoms with E-state index < -0.39 is 0 Å². The van der Waals surface area contributed by atoms with E-state index in [1.165, 1.54) is 6.42 Å². The largest absolute Gasteiger partial charge is 0.293 e. The van der Waals surface area contributed by atoms with Crippen molar-refractivity contribution in [1.29, 1.82) is 0 Å². The summed E-state index contributed by atoms with van der Waals surface area (Å²) < 4.78 is 0. The van der Waals surface area contributed by atoms with Crippen molar-refractivity contribution in [1.82, 2.24) is 5.09 Å². The van der Waals surface area contributed by atoms with Crippen molar-refractivity contribution in [3.05, 3.63) is 0 Å². The number of hydrogen-bond donors (Lipinski definition) is 1. The monoisotopic (exact) mass is 201 g/mol. The number of hydrogen-bond acceptors (Lipinski definition) is 1. The molecular weight excluding hydrogens is 177 g/mol. The highest BCUT2D eigenvalue weighted by Crippen LogP contribution is 2.51. The summed E-state index contributed by atoms with van der Waals surface area (Å²) in [5, 5.41) is 3.73. The van der Waals surface area contributed by atoms with E-state index >= 15 is 0 Å². The Labute approximate surface area is 84.5 Å². The van der Waals surface area contributed by atoms with Gasteiger partial charge in [-0.25, -0.2) is 0 Å². The summed E-state index contributed by atoms with van der Waals surface area (Å²) in [6, 6.07) is 0.727. The van der Waals surface area contributed by atoms with Gasteiger partial charge in [0.05, 0.1) is 0 Å². The molecule has 1 aliphatic rings. The third-order valence-corrected chi connectivity index (χ3v) is 5.96. The molecule has 0 aromatic carbocycles. The third kappa shape index (κ3) is 2.67. The summed E-state index contributed by atoms with van der Waals surface area (Å²) in [6.45, 7) is 14.3. The maximum absolute atomic E-state index is 3.73. The van der Waals surface area contributed by atoms with Crippen molar-refractivity contribution in [2.24, 2.45) is 11.3 Å². The van der Waals surface area contributed by atoms with E-state index in [0.717, 1.165) is 17.6 Å². The van der Waals surface area contributed by atoms with Gasteiger partial charge in [-0.05, 0) is 45.1 Å². The van der Waals surface area contributed by atoms with Gasteiger partial charge < -0.3 is 0 Å². The molecule has 1 saturated heterocycles. The van der Waals surface area contributed by atoms with Crippen LogP contribution < -0.4 is 5.09 Å². The van der Waals surface area contributed by atoms with Crippen molar-refractivity contribution >= 4 is 8.07 Å². The van der Waals surface area contributed by atoms with Gasteiger partial charge in [0.15, 0.2) is 0 Å². The van der Waals surface area contributed by atoms with E-state index in [1.54, 1.807) is 0 Å². The SMILES string of the molecule is CC1CC(C)C(C(C)(C)C)P(C)N1. The quantitative estimate of drug-likeness (QED) is 0.592. The van der Waals surface area contributed by atoms with Crippen molar-refractivity contribution < 1.29 is 0 Å². The molecule has 0 bridgehead atoms. The zero-order valence-corrected chi connectivity index (χ0v) is 10.8. The van der Waals surface area contributed by atoms with Gasteiger partial charge in [0, 0.05) is 6.04 Å². The van der Waals surface area contributed by atoms with Crippen molar-refractivity contribution in [2.45, 2.75) is 52.7 Å². The van der Waals surface area contributed by atoms with Gasteiger partial charge in [-0.15, -0.1) is 0 Å². The smallest absolute Gasteiger partial charge is 0.00778 e. The first-order valence-corrected chi connectivity index (χ1v) is 7.17. The van der Waals surface area contributed by atoms with Gasteiger partial charge in [0.2, 0.25) is 0 Å². The molecule has 0 saturated carbocycles. The lowest BCUT2D eigenvalue weighted by atomic mass is 9.82. The number of rotatable bonds is 0. The minimum absolute atomic E-state index is 0.0282. The van der Waals surface area contributed by atoms with Crippen LogP contribution in [0.3, 0.4) is 0 Å². The van der Waals surface area contributed by atoms with E-state index in [4.69, 9.17) is 0 Å². The van der Waals surface area contributed by atoms with E-state index in [9.17, 15) is 0 Å². The summed E-state index contributed by atoms with van der Waals surface area (Å²) in [6.07, 6.45) is 1.34. The second-order valence-electron chi connectivity index (χ2n) is 5.66. The normalized spacial score (nSPS) is 42.0. The molecule has 1 nitrogen and oxygen atoms in total. The summed E-state index contributed by atoms with van der Waals surface area (Å²) in [4.78, 5) is 0. The third-order valence-electron chi connectivity index (χ3n) is 2.99. The first-order chi connectivity index (χ1) is 5.82. The second kappa shape index (κ2) is 3.87. The van der Waals surface area contributed by atoms with Crippen LogP contribution in [0.15, 0.2) is 0 Å². The Hall–Kier alpha value is 0.390. The predicted octanol–water partition coefficient (Wildman–Crippen LogP) is 3.45. The first kappa shape index (κ1) is 11.5. The fourth-order valence-corrected chi connectivity index (χ4v) is 5.99. The molecule has 1 fully saturated rings. The molecule has 0 aliphatic carbocycles. The van der Waals surface area contributed by atoms with Gasteiger partial charge in [0.25, 0.3) is 0 Å². The Bertz CT molecular complexity index is 161. The highest BCUT2D eigenvalue weighted by Gasteiger charge is 2.38. The van der Waals surface area contributed by atoms with Crippen LogP contribution in [0.4, 0.5) is 0 Å². The van der Waals surface area contributed by atoms with Crippen LogP contribution in [-0.4, -0.2) is 18.4 Å². The molecule has 1 rings (SSSR count). The van der Waals surface area contributed by atoms with Crippen LogP contribution in [0.5, 0.6) is 0 Å². The minimum Gasteiger partial charge on any atom is -0.293 e. The standard InChI is InChI=1S/C11H24NP/c1-8-7-9(2)12-13(6)10(8)11(3,4)5/h8-10,12H,7H2,1-6H3. The molecule has 0 aromatic rings. The zero-order valence-electron chi connectivity index (χ0n) is 9.89. The van der Waals surface area contributed by atoms with Crippen molar-refractivity contribution in [2.75, 3.05) is 6.66 Å². The molecular formula is C11H24NP. The first-order valence-electron chi connectivity index (χ1n) is 5.31. The lowest BCUT2D eigenvalue weighted by molar-refractivity contribution is 0.279. The van der Waals surface area contributed by atoms with Crippen LogP contribution in [0.1, 0.15) is 41.0 Å². The maximum Gasteiger partial charge on any atom is 0.00778 e. The molecule has 1 heterocycles. The topological polar surface area (TPSA) is 12.0 Å². The Morgan fingerprint density at radius 1 is 1.23 bits per heavy atom. The minimum atomic E-state index is 0.0282. The molecule has 4 atom stereocenters. The van der Waals surface area contributed by atoms with E-state index in [2.05, 4.69) is 46.4 Å². The van der Waals surface area contributed by atoms with E-state index in [-0.39, 0.29) is 8.07 Å². The molecule has 0 radical (unpaired) electrons. The summed E-state index contributed by atoms with van der Waals surface area (Å²) >= 11 is 0. The van der Waals surface area contributed by atoms with Crippen LogP contribution in [0.2, 0.25) is 0 Å². The molecule has 0 aromatic heterocycles. The molecule has 13 heavy (non-hydrogen) atoms. The molecule has 78 valence electrons. The summed E-state index contributed by atoms with van der Waals surface area (Å²) in [5.74, 6) is 0.882. The summed E-state index contributed by atoms with van der Waals surface area (Å²) in [5.41, 5.74) is 1.34.